The van der Waals surface area contributed by atoms with Crippen molar-refractivity contribution in [2.75, 3.05) is 18.5 Å². The van der Waals surface area contributed by atoms with Crippen LogP contribution in [0.3, 0.4) is 0 Å². The van der Waals surface area contributed by atoms with Crippen LogP contribution < -0.4 is 15.7 Å². The van der Waals surface area contributed by atoms with Crippen LogP contribution in [-0.4, -0.2) is 43.9 Å². The van der Waals surface area contributed by atoms with Gasteiger partial charge in [0.2, 0.25) is 11.8 Å². The van der Waals surface area contributed by atoms with E-state index in [0.29, 0.717) is 35.6 Å². The molecule has 4 heterocycles. The zero-order valence-corrected chi connectivity index (χ0v) is 15.9. The first kappa shape index (κ1) is 19.2. The molecule has 29 heavy (non-hydrogen) atoms. The number of ether oxygens (including phenoxy) is 2. The van der Waals surface area contributed by atoms with E-state index in [1.165, 1.54) is 16.8 Å². The van der Waals surface area contributed by atoms with E-state index in [1.54, 1.807) is 24.7 Å². The summed E-state index contributed by atoms with van der Waals surface area (Å²) in [5.41, 5.74) is 2.19. The smallest absolute Gasteiger partial charge is 0.388 e. The Labute approximate surface area is 164 Å². The maximum atomic E-state index is 12.7. The number of aryl methyl sites for hydroxylation is 2. The highest BCUT2D eigenvalue weighted by Crippen LogP contribution is 2.25. The van der Waals surface area contributed by atoms with Crippen LogP contribution in [0.25, 0.3) is 11.2 Å². The predicted octanol–water partition coefficient (Wildman–Crippen LogP) is 2.53. The summed E-state index contributed by atoms with van der Waals surface area (Å²) >= 11 is 0. The average Bonchev–Trinajstić information content (AvgIpc) is 2.94. The van der Waals surface area contributed by atoms with Gasteiger partial charge in [-0.1, -0.05) is 0 Å². The number of fused-ring (bicyclic) bond motifs is 1. The van der Waals surface area contributed by atoms with Crippen molar-refractivity contribution in [3.63, 3.8) is 0 Å². The number of nitrogens with zero attached hydrogens (tertiary/aromatic N) is 5. The van der Waals surface area contributed by atoms with Gasteiger partial charge in [-0.3, -0.25) is 9.13 Å². The summed E-state index contributed by atoms with van der Waals surface area (Å²) in [5.74, 6) is 0.104. The van der Waals surface area contributed by atoms with Gasteiger partial charge in [-0.2, -0.15) is 13.8 Å². The number of hydrogen-bond donors (Lipinski definition) is 1. The lowest BCUT2D eigenvalue weighted by Crippen LogP contribution is -2.30. The number of anilines is 2. The third kappa shape index (κ3) is 3.77. The molecule has 154 valence electrons. The van der Waals surface area contributed by atoms with Crippen LogP contribution in [0.2, 0.25) is 0 Å². The molecule has 3 aromatic rings. The Balaban J connectivity index is 1.68. The molecule has 1 fully saturated rings. The summed E-state index contributed by atoms with van der Waals surface area (Å²) < 4.78 is 37.6. The largest absolute Gasteiger partial charge is 0.417 e. The van der Waals surface area contributed by atoms with Crippen molar-refractivity contribution in [3.8, 4) is 5.88 Å². The summed E-state index contributed by atoms with van der Waals surface area (Å²) in [7, 11) is 1.69. The molecule has 1 saturated heterocycles. The van der Waals surface area contributed by atoms with Gasteiger partial charge in [-0.15, -0.1) is 0 Å². The summed E-state index contributed by atoms with van der Waals surface area (Å²) in [6.45, 7) is -0.0173. The second kappa shape index (κ2) is 7.74. The second-order valence-electron chi connectivity index (χ2n) is 6.80. The minimum atomic E-state index is -2.94. The van der Waals surface area contributed by atoms with Gasteiger partial charge in [0.25, 0.3) is 0 Å². The van der Waals surface area contributed by atoms with Crippen LogP contribution in [0.5, 0.6) is 5.88 Å². The summed E-state index contributed by atoms with van der Waals surface area (Å²) in [4.78, 5) is 25.4. The molecule has 3 aromatic heterocycles. The van der Waals surface area contributed by atoms with Gasteiger partial charge in [0, 0.05) is 32.4 Å². The number of aromatic nitrogens is 5. The highest BCUT2D eigenvalue weighted by Gasteiger charge is 2.23. The fourth-order valence-electron chi connectivity index (χ4n) is 3.41. The molecule has 0 saturated carbocycles. The Hall–Kier alpha value is -3.08. The van der Waals surface area contributed by atoms with Crippen LogP contribution in [0.4, 0.5) is 20.4 Å². The molecule has 0 bridgehead atoms. The lowest BCUT2D eigenvalue weighted by atomic mass is 10.1. The van der Waals surface area contributed by atoms with Crippen LogP contribution in [0.15, 0.2) is 23.3 Å². The van der Waals surface area contributed by atoms with Gasteiger partial charge in [0.15, 0.2) is 5.65 Å². The molecule has 0 unspecified atom stereocenters. The normalized spacial score (nSPS) is 15.2. The zero-order chi connectivity index (χ0) is 20.5. The van der Waals surface area contributed by atoms with Gasteiger partial charge >= 0.3 is 12.3 Å². The van der Waals surface area contributed by atoms with Crippen LogP contribution >= 0.6 is 0 Å². The molecule has 11 heteroatoms. The number of imidazole rings is 1. The fourth-order valence-corrected chi connectivity index (χ4v) is 3.41. The molecular weight excluding hydrogens is 386 g/mol. The Kier molecular flexibility index (Phi) is 5.14. The summed E-state index contributed by atoms with van der Waals surface area (Å²) in [5, 5.41) is 3.03. The molecule has 1 N–H and O–H groups in total. The Morgan fingerprint density at radius 1 is 1.28 bits per heavy atom. The highest BCUT2D eigenvalue weighted by atomic mass is 19.3. The molecule has 9 nitrogen and oxygen atoms in total. The zero-order valence-electron chi connectivity index (χ0n) is 15.9. The van der Waals surface area contributed by atoms with Gasteiger partial charge < -0.3 is 14.8 Å². The van der Waals surface area contributed by atoms with Crippen molar-refractivity contribution in [1.29, 1.82) is 0 Å². The van der Waals surface area contributed by atoms with Crippen molar-refractivity contribution in [2.45, 2.75) is 32.4 Å². The molecule has 0 spiro atoms. The minimum Gasteiger partial charge on any atom is -0.417 e. The lowest BCUT2D eigenvalue weighted by Gasteiger charge is -2.22. The number of alkyl halides is 2. The molecule has 1 aliphatic heterocycles. The molecule has 4 rings (SSSR count). The van der Waals surface area contributed by atoms with E-state index in [-0.39, 0.29) is 23.6 Å². The number of rotatable bonds is 5. The Bertz CT molecular complexity index is 1090. The first-order valence-corrected chi connectivity index (χ1v) is 9.14. The second-order valence-corrected chi connectivity index (χ2v) is 6.80. The number of pyridine rings is 1. The topological polar surface area (TPSA) is 96.1 Å². The van der Waals surface area contributed by atoms with Crippen molar-refractivity contribution in [2.24, 2.45) is 7.05 Å². The molecule has 0 aromatic carbocycles. The maximum Gasteiger partial charge on any atom is 0.388 e. The Morgan fingerprint density at radius 3 is 2.72 bits per heavy atom. The van der Waals surface area contributed by atoms with Crippen molar-refractivity contribution >= 4 is 22.8 Å². The van der Waals surface area contributed by atoms with Gasteiger partial charge in [0.1, 0.15) is 5.52 Å². The molecule has 1 aliphatic rings. The van der Waals surface area contributed by atoms with E-state index in [0.717, 1.165) is 12.8 Å². The molecule has 0 amide bonds. The number of halogens is 2. The SMILES string of the molecule is Cc1cc(OC(F)F)ncc1Nc1ncc2c(n1)n(C1CCOCC1)c(=O)n2C. The minimum absolute atomic E-state index is 0.0110. The van der Waals surface area contributed by atoms with Crippen LogP contribution in [0, 0.1) is 6.92 Å². The predicted molar refractivity (Wildman–Crippen MR) is 101 cm³/mol. The van der Waals surface area contributed by atoms with E-state index >= 15 is 0 Å². The van der Waals surface area contributed by atoms with Crippen molar-refractivity contribution in [1.82, 2.24) is 24.1 Å². The van der Waals surface area contributed by atoms with Crippen LogP contribution in [0.1, 0.15) is 24.4 Å². The number of hydrogen-bond acceptors (Lipinski definition) is 7. The van der Waals surface area contributed by atoms with Gasteiger partial charge in [-0.05, 0) is 25.3 Å². The summed E-state index contributed by atoms with van der Waals surface area (Å²) in [6, 6.07) is 1.41. The molecular formula is C18H20F2N6O3. The van der Waals surface area contributed by atoms with Crippen molar-refractivity contribution < 1.29 is 18.3 Å². The molecule has 0 aliphatic carbocycles. The lowest BCUT2D eigenvalue weighted by molar-refractivity contribution is -0.0528. The third-order valence-corrected chi connectivity index (χ3v) is 4.93. The Morgan fingerprint density at radius 2 is 2.03 bits per heavy atom. The highest BCUT2D eigenvalue weighted by molar-refractivity contribution is 5.73. The van der Waals surface area contributed by atoms with Gasteiger partial charge in [0.05, 0.1) is 18.1 Å². The first-order chi connectivity index (χ1) is 13.9. The maximum absolute atomic E-state index is 12.7. The van der Waals surface area contributed by atoms with E-state index in [2.05, 4.69) is 25.0 Å². The first-order valence-electron chi connectivity index (χ1n) is 9.14. The standard InChI is InChI=1S/C18H20F2N6O3/c1-10-7-14(29-16(19)20)21-8-12(10)23-17-22-9-13-15(24-17)26(18(27)25(13)2)11-3-5-28-6-4-11/h7-9,11,16H,3-6H2,1-2H3,(H,22,23,24). The van der Waals surface area contributed by atoms with E-state index in [9.17, 15) is 13.6 Å². The van der Waals surface area contributed by atoms with Crippen molar-refractivity contribution in [3.05, 3.63) is 34.5 Å². The van der Waals surface area contributed by atoms with E-state index < -0.39 is 6.61 Å². The van der Waals surface area contributed by atoms with Gasteiger partial charge in [-0.25, -0.2) is 14.8 Å². The monoisotopic (exact) mass is 406 g/mol. The number of nitrogens with one attached hydrogen (secondary N) is 1. The average molecular weight is 406 g/mol. The quantitative estimate of drug-likeness (QED) is 0.696. The fraction of sp³-hybridized carbons (Fsp3) is 0.444. The van der Waals surface area contributed by atoms with E-state index in [4.69, 9.17) is 4.74 Å². The summed E-state index contributed by atoms with van der Waals surface area (Å²) in [6.07, 6.45) is 4.43. The molecule has 0 radical (unpaired) electrons. The van der Waals surface area contributed by atoms with E-state index in [1.807, 2.05) is 0 Å². The van der Waals surface area contributed by atoms with Crippen LogP contribution in [-0.2, 0) is 11.8 Å². The molecule has 0 atom stereocenters. The third-order valence-electron chi connectivity index (χ3n) is 4.93.